The molecule has 0 fully saturated rings. The third-order valence-electron chi connectivity index (χ3n) is 0.175. The maximum absolute atomic E-state index is 9.21. The van der Waals surface area contributed by atoms with Crippen LogP contribution in [0.4, 0.5) is 9.59 Å². The van der Waals surface area contributed by atoms with Gasteiger partial charge in [-0.05, 0) is 0 Å². The summed E-state index contributed by atoms with van der Waals surface area (Å²) >= 11 is 0. The van der Waals surface area contributed by atoms with Gasteiger partial charge in [-0.25, -0.2) is 9.59 Å². The van der Waals surface area contributed by atoms with Crippen LogP contribution >= 0.6 is 0 Å². The van der Waals surface area contributed by atoms with E-state index in [9.17, 15) is 9.59 Å². The second-order valence-corrected chi connectivity index (χ2v) is 0.634. The molecule has 0 aromatic heterocycles. The zero-order valence-electron chi connectivity index (χ0n) is 5.83. The molecule has 0 aromatic rings. The molecule has 44 valence electrons. The Hall–Kier alpha value is -0.494. The van der Waals surface area contributed by atoms with Crippen molar-refractivity contribution in [3.63, 3.8) is 0 Å². The van der Waals surface area contributed by atoms with Crippen molar-refractivity contribution in [1.82, 2.24) is 0 Å². The third-order valence-corrected chi connectivity index (χ3v) is 0.175. The molecule has 0 amide bonds. The van der Waals surface area contributed by atoms with Gasteiger partial charge in [0.2, 0.25) is 0 Å². The first-order valence-corrected chi connectivity index (χ1v) is 1.26. The van der Waals surface area contributed by atoms with Crippen molar-refractivity contribution in [3.8, 4) is 0 Å². The fourth-order valence-electron chi connectivity index (χ4n) is 0.0747. The number of rotatable bonds is 0. The van der Waals surface area contributed by atoms with Crippen LogP contribution in [0.25, 0.3) is 0 Å². The summed E-state index contributed by atoms with van der Waals surface area (Å²) in [6, 6.07) is 0. The second-order valence-electron chi connectivity index (χ2n) is 0.634. The Labute approximate surface area is 63.4 Å². The van der Waals surface area contributed by atoms with Crippen LogP contribution in [0, 0.1) is 0 Å². The molecule has 0 atom stereocenters. The molecular weight excluding hydrogens is 128 g/mol. The summed E-state index contributed by atoms with van der Waals surface area (Å²) in [5.41, 5.74) is 0. The first-order valence-electron chi connectivity index (χ1n) is 1.26. The molecule has 6 heteroatoms. The summed E-state index contributed by atoms with van der Waals surface area (Å²) in [6.45, 7) is 0. The Morgan fingerprint density at radius 3 is 1.50 bits per heavy atom. The standard InChI is InChI=1S/C2H2O5.Mg.2H/c3-1(4)7-2(5)6;;;/h(H,3,4)(H,5,6);;;/q;+2;2*-1. The van der Waals surface area contributed by atoms with Gasteiger partial charge in [0.05, 0.1) is 0 Å². The van der Waals surface area contributed by atoms with Crippen LogP contribution in [-0.2, 0) is 4.74 Å². The number of carbonyl (C=O) groups is 2. The molecule has 0 aliphatic rings. The number of carboxylic acid groups (broad SMARTS) is 2. The van der Waals surface area contributed by atoms with E-state index in [1.807, 2.05) is 0 Å². The van der Waals surface area contributed by atoms with Crippen molar-refractivity contribution in [2.45, 2.75) is 0 Å². The molecule has 0 saturated carbocycles. The number of ether oxygens (including phenoxy) is 1. The average molecular weight is 132 g/mol. The Morgan fingerprint density at radius 1 is 1.25 bits per heavy atom. The quantitative estimate of drug-likeness (QED) is 0.279. The van der Waals surface area contributed by atoms with E-state index in [0.717, 1.165) is 0 Å². The molecule has 0 aliphatic heterocycles. The maximum atomic E-state index is 9.21. The average Bonchev–Trinajstić information content (AvgIpc) is 1.27. The molecule has 0 aliphatic carbocycles. The molecule has 0 unspecified atom stereocenters. The first-order chi connectivity index (χ1) is 3.13. The van der Waals surface area contributed by atoms with Gasteiger partial charge < -0.3 is 17.8 Å². The van der Waals surface area contributed by atoms with Gasteiger partial charge in [0.15, 0.2) is 0 Å². The van der Waals surface area contributed by atoms with Gasteiger partial charge >= 0.3 is 35.4 Å². The molecular formula is C2H4MgO5. The molecule has 2 N–H and O–H groups in total. The SMILES string of the molecule is O=C(O)OC(=O)O.[H-].[H-].[Mg+2]. The van der Waals surface area contributed by atoms with E-state index in [1.54, 1.807) is 0 Å². The van der Waals surface area contributed by atoms with Crippen LogP contribution in [0.15, 0.2) is 0 Å². The Balaban J connectivity index is -0.0000000600. The summed E-state index contributed by atoms with van der Waals surface area (Å²) in [7, 11) is 0. The Morgan fingerprint density at radius 2 is 1.50 bits per heavy atom. The molecule has 0 saturated heterocycles. The van der Waals surface area contributed by atoms with Gasteiger partial charge in [-0.15, -0.1) is 0 Å². The van der Waals surface area contributed by atoms with Gasteiger partial charge in [0, 0.05) is 0 Å². The summed E-state index contributed by atoms with van der Waals surface area (Å²) in [4.78, 5) is 18.4. The number of hydrogen-bond acceptors (Lipinski definition) is 3. The topological polar surface area (TPSA) is 83.8 Å². The van der Waals surface area contributed by atoms with Gasteiger partial charge in [0.25, 0.3) is 0 Å². The van der Waals surface area contributed by atoms with E-state index >= 15 is 0 Å². The van der Waals surface area contributed by atoms with Gasteiger partial charge in [0.1, 0.15) is 0 Å². The Bertz CT molecular complexity index is 93.8. The fraction of sp³-hybridized carbons (Fsp3) is 0. The van der Waals surface area contributed by atoms with Crippen molar-refractivity contribution in [2.24, 2.45) is 0 Å². The van der Waals surface area contributed by atoms with Crippen molar-refractivity contribution >= 4 is 35.4 Å². The summed E-state index contributed by atoms with van der Waals surface area (Å²) in [5.74, 6) is 0. The molecule has 0 heterocycles. The Kier molecular flexibility index (Phi) is 6.10. The van der Waals surface area contributed by atoms with Gasteiger partial charge in [-0.2, -0.15) is 0 Å². The van der Waals surface area contributed by atoms with Crippen LogP contribution < -0.4 is 0 Å². The summed E-state index contributed by atoms with van der Waals surface area (Å²) in [5, 5.41) is 15.0. The van der Waals surface area contributed by atoms with Crippen LogP contribution in [-0.4, -0.2) is 45.6 Å². The van der Waals surface area contributed by atoms with Crippen LogP contribution in [0.5, 0.6) is 0 Å². The zero-order chi connectivity index (χ0) is 5.86. The first kappa shape index (κ1) is 10.5. The van der Waals surface area contributed by atoms with Crippen molar-refractivity contribution in [1.29, 1.82) is 0 Å². The van der Waals surface area contributed by atoms with E-state index < -0.39 is 12.3 Å². The summed E-state index contributed by atoms with van der Waals surface area (Å²) < 4.78 is 3.08. The smallest absolute Gasteiger partial charge is 1.00 e. The molecule has 0 rings (SSSR count). The molecule has 8 heavy (non-hydrogen) atoms. The summed E-state index contributed by atoms with van der Waals surface area (Å²) in [6.07, 6.45) is -3.62. The van der Waals surface area contributed by atoms with Crippen LogP contribution in [0.3, 0.4) is 0 Å². The maximum Gasteiger partial charge on any atom is 2.00 e. The molecule has 0 spiro atoms. The largest absolute Gasteiger partial charge is 2.00 e. The van der Waals surface area contributed by atoms with E-state index in [4.69, 9.17) is 10.2 Å². The normalized spacial score (nSPS) is 6.50. The minimum absolute atomic E-state index is 0. The van der Waals surface area contributed by atoms with E-state index in [2.05, 4.69) is 4.74 Å². The fourth-order valence-corrected chi connectivity index (χ4v) is 0.0747. The van der Waals surface area contributed by atoms with Crippen molar-refractivity contribution in [2.75, 3.05) is 0 Å². The molecule has 0 radical (unpaired) electrons. The van der Waals surface area contributed by atoms with Gasteiger partial charge in [-0.1, -0.05) is 0 Å². The number of hydrogen-bond donors (Lipinski definition) is 2. The molecule has 0 bridgehead atoms. The van der Waals surface area contributed by atoms with Crippen LogP contribution in [0.2, 0.25) is 0 Å². The van der Waals surface area contributed by atoms with E-state index in [-0.39, 0.29) is 25.9 Å². The molecule has 5 nitrogen and oxygen atoms in total. The van der Waals surface area contributed by atoms with E-state index in [0.29, 0.717) is 0 Å². The van der Waals surface area contributed by atoms with Crippen molar-refractivity contribution < 1.29 is 27.4 Å². The predicted molar refractivity (Wildman–Crippen MR) is 25.1 cm³/mol. The van der Waals surface area contributed by atoms with E-state index in [1.165, 1.54) is 0 Å². The van der Waals surface area contributed by atoms with Gasteiger partial charge in [-0.3, -0.25) is 0 Å². The molecule has 0 aromatic carbocycles. The predicted octanol–water partition coefficient (Wildman–Crippen LogP) is 0.203. The van der Waals surface area contributed by atoms with Crippen molar-refractivity contribution in [3.05, 3.63) is 0 Å². The zero-order valence-corrected chi connectivity index (χ0v) is 5.24. The minimum atomic E-state index is -1.81. The third kappa shape index (κ3) is 9.09. The van der Waals surface area contributed by atoms with Crippen LogP contribution in [0.1, 0.15) is 2.85 Å². The minimum Gasteiger partial charge on any atom is -1.00 e. The monoisotopic (exact) mass is 132 g/mol. The second kappa shape index (κ2) is 4.66.